The Balaban J connectivity index is 2.00. The van der Waals surface area contributed by atoms with Gasteiger partial charge in [0.05, 0.1) is 6.04 Å². The van der Waals surface area contributed by atoms with Gasteiger partial charge in [0, 0.05) is 28.8 Å². The molecule has 0 saturated heterocycles. The molecule has 0 radical (unpaired) electrons. The Labute approximate surface area is 139 Å². The standard InChI is InChI=1S/C18H19BrN2O/c1-12-10-17(20-15-6-4-3-5-7-15)16-11-14(19)8-9-18(16)21(12)13(2)22/h3-9,11-12,17,20H,10H2,1-2H3/t12-,17+/m0/s1. The van der Waals surface area contributed by atoms with E-state index in [1.807, 2.05) is 35.2 Å². The highest BCUT2D eigenvalue weighted by atomic mass is 79.9. The van der Waals surface area contributed by atoms with E-state index in [1.54, 1.807) is 6.92 Å². The number of nitrogens with zero attached hydrogens (tertiary/aromatic N) is 1. The molecule has 0 bridgehead atoms. The predicted molar refractivity (Wildman–Crippen MR) is 94.2 cm³/mol. The van der Waals surface area contributed by atoms with Gasteiger partial charge in [0.2, 0.25) is 5.91 Å². The van der Waals surface area contributed by atoms with E-state index in [-0.39, 0.29) is 18.0 Å². The van der Waals surface area contributed by atoms with Crippen LogP contribution in [-0.2, 0) is 4.79 Å². The van der Waals surface area contributed by atoms with Gasteiger partial charge in [-0.2, -0.15) is 0 Å². The van der Waals surface area contributed by atoms with Crippen LogP contribution in [0.1, 0.15) is 31.9 Å². The number of fused-ring (bicyclic) bond motifs is 1. The van der Waals surface area contributed by atoms with Crippen molar-refractivity contribution in [2.45, 2.75) is 32.4 Å². The molecule has 3 rings (SSSR count). The number of hydrogen-bond acceptors (Lipinski definition) is 2. The smallest absolute Gasteiger partial charge is 0.224 e. The molecule has 0 saturated carbocycles. The zero-order chi connectivity index (χ0) is 15.7. The van der Waals surface area contributed by atoms with Crippen LogP contribution >= 0.6 is 15.9 Å². The predicted octanol–water partition coefficient (Wildman–Crippen LogP) is 4.75. The molecule has 3 nitrogen and oxygen atoms in total. The minimum absolute atomic E-state index is 0.0919. The molecule has 1 N–H and O–H groups in total. The average Bonchev–Trinajstić information content (AvgIpc) is 2.48. The molecule has 1 aliphatic heterocycles. The molecule has 0 aliphatic carbocycles. The van der Waals surface area contributed by atoms with Crippen molar-refractivity contribution in [1.29, 1.82) is 0 Å². The van der Waals surface area contributed by atoms with E-state index in [9.17, 15) is 4.79 Å². The lowest BCUT2D eigenvalue weighted by atomic mass is 9.91. The third-order valence-corrected chi connectivity index (χ3v) is 4.59. The summed E-state index contributed by atoms with van der Waals surface area (Å²) in [6.45, 7) is 3.74. The first-order valence-electron chi connectivity index (χ1n) is 7.47. The SMILES string of the molecule is CC(=O)N1c2ccc(Br)cc2[C@H](Nc2ccccc2)C[C@@H]1C. The normalized spacial score (nSPS) is 20.4. The Morgan fingerprint density at radius 3 is 2.64 bits per heavy atom. The molecule has 2 aromatic carbocycles. The number of rotatable bonds is 2. The van der Waals surface area contributed by atoms with Crippen LogP contribution in [-0.4, -0.2) is 11.9 Å². The maximum Gasteiger partial charge on any atom is 0.224 e. The van der Waals surface area contributed by atoms with E-state index in [1.165, 1.54) is 0 Å². The summed E-state index contributed by atoms with van der Waals surface area (Å²) in [5.41, 5.74) is 3.26. The van der Waals surface area contributed by atoms with Crippen molar-refractivity contribution in [2.75, 3.05) is 10.2 Å². The van der Waals surface area contributed by atoms with Gasteiger partial charge in [-0.25, -0.2) is 0 Å². The fourth-order valence-corrected chi connectivity index (χ4v) is 3.57. The second kappa shape index (κ2) is 6.13. The highest BCUT2D eigenvalue weighted by Crippen LogP contribution is 2.40. The zero-order valence-electron chi connectivity index (χ0n) is 12.7. The van der Waals surface area contributed by atoms with E-state index in [0.717, 1.165) is 27.8 Å². The van der Waals surface area contributed by atoms with Crippen molar-refractivity contribution in [3.05, 3.63) is 58.6 Å². The van der Waals surface area contributed by atoms with Crippen molar-refractivity contribution in [1.82, 2.24) is 0 Å². The molecule has 2 atom stereocenters. The van der Waals surface area contributed by atoms with Crippen molar-refractivity contribution in [3.63, 3.8) is 0 Å². The lowest BCUT2D eigenvalue weighted by Crippen LogP contribution is -2.43. The Bertz CT molecular complexity index is 687. The van der Waals surface area contributed by atoms with Crippen LogP contribution in [0.2, 0.25) is 0 Å². The number of benzene rings is 2. The summed E-state index contributed by atoms with van der Waals surface area (Å²) in [6.07, 6.45) is 0.887. The number of carbonyl (C=O) groups is 1. The van der Waals surface area contributed by atoms with Gasteiger partial charge in [-0.15, -0.1) is 0 Å². The van der Waals surface area contributed by atoms with E-state index in [0.29, 0.717) is 0 Å². The first-order valence-corrected chi connectivity index (χ1v) is 8.26. The van der Waals surface area contributed by atoms with Crippen LogP contribution in [0.25, 0.3) is 0 Å². The zero-order valence-corrected chi connectivity index (χ0v) is 14.3. The van der Waals surface area contributed by atoms with E-state index in [4.69, 9.17) is 0 Å². The summed E-state index contributed by atoms with van der Waals surface area (Å²) in [5.74, 6) is 0.0919. The van der Waals surface area contributed by atoms with Crippen molar-refractivity contribution < 1.29 is 4.79 Å². The fourth-order valence-electron chi connectivity index (χ4n) is 3.19. The largest absolute Gasteiger partial charge is 0.378 e. The van der Waals surface area contributed by atoms with Crippen molar-refractivity contribution in [2.24, 2.45) is 0 Å². The molecule has 0 fully saturated rings. The third-order valence-electron chi connectivity index (χ3n) is 4.10. The number of nitrogens with one attached hydrogen (secondary N) is 1. The van der Waals surface area contributed by atoms with E-state index < -0.39 is 0 Å². The molecular formula is C18H19BrN2O. The highest BCUT2D eigenvalue weighted by molar-refractivity contribution is 9.10. The molecule has 0 spiro atoms. The van der Waals surface area contributed by atoms with Crippen LogP contribution < -0.4 is 10.2 Å². The molecule has 1 aliphatic rings. The molecule has 0 unspecified atom stereocenters. The first kappa shape index (κ1) is 15.1. The second-order valence-corrected chi connectivity index (χ2v) is 6.66. The number of amides is 1. The maximum absolute atomic E-state index is 12.0. The fraction of sp³-hybridized carbons (Fsp3) is 0.278. The molecule has 22 heavy (non-hydrogen) atoms. The molecule has 114 valence electrons. The van der Waals surface area contributed by atoms with Gasteiger partial charge in [0.25, 0.3) is 0 Å². The Morgan fingerprint density at radius 1 is 1.23 bits per heavy atom. The van der Waals surface area contributed by atoms with Gasteiger partial charge in [-0.3, -0.25) is 4.79 Å². The highest BCUT2D eigenvalue weighted by Gasteiger charge is 2.32. The Morgan fingerprint density at radius 2 is 1.95 bits per heavy atom. The summed E-state index contributed by atoms with van der Waals surface area (Å²) in [4.78, 5) is 13.9. The van der Waals surface area contributed by atoms with E-state index in [2.05, 4.69) is 46.4 Å². The van der Waals surface area contributed by atoms with Crippen LogP contribution in [0.3, 0.4) is 0 Å². The van der Waals surface area contributed by atoms with E-state index >= 15 is 0 Å². The quantitative estimate of drug-likeness (QED) is 0.840. The topological polar surface area (TPSA) is 32.3 Å². The van der Waals surface area contributed by atoms with Crippen molar-refractivity contribution in [3.8, 4) is 0 Å². The first-order chi connectivity index (χ1) is 10.6. The van der Waals surface area contributed by atoms with Crippen LogP contribution in [0.15, 0.2) is 53.0 Å². The van der Waals surface area contributed by atoms with Gasteiger partial charge in [-0.05, 0) is 49.2 Å². The minimum atomic E-state index is 0.0919. The summed E-state index contributed by atoms with van der Waals surface area (Å²) >= 11 is 3.54. The van der Waals surface area contributed by atoms with Gasteiger partial charge in [0.1, 0.15) is 0 Å². The third kappa shape index (κ3) is 2.88. The van der Waals surface area contributed by atoms with Crippen molar-refractivity contribution >= 4 is 33.2 Å². The monoisotopic (exact) mass is 358 g/mol. The molecule has 2 aromatic rings. The number of halogens is 1. The lowest BCUT2D eigenvalue weighted by Gasteiger charge is -2.39. The number of anilines is 2. The summed E-state index contributed by atoms with van der Waals surface area (Å²) in [6, 6.07) is 16.7. The molecule has 0 aromatic heterocycles. The maximum atomic E-state index is 12.0. The van der Waals surface area contributed by atoms with Crippen LogP contribution in [0.5, 0.6) is 0 Å². The Hall–Kier alpha value is -1.81. The van der Waals surface area contributed by atoms with Crippen LogP contribution in [0.4, 0.5) is 11.4 Å². The Kier molecular flexibility index (Phi) is 4.21. The number of carbonyl (C=O) groups excluding carboxylic acids is 1. The minimum Gasteiger partial charge on any atom is -0.378 e. The van der Waals surface area contributed by atoms with Gasteiger partial charge in [0.15, 0.2) is 0 Å². The summed E-state index contributed by atoms with van der Waals surface area (Å²) < 4.78 is 1.03. The average molecular weight is 359 g/mol. The summed E-state index contributed by atoms with van der Waals surface area (Å²) in [7, 11) is 0. The number of hydrogen-bond donors (Lipinski definition) is 1. The van der Waals surface area contributed by atoms with Gasteiger partial charge in [-0.1, -0.05) is 34.1 Å². The molecule has 1 heterocycles. The molecule has 1 amide bonds. The summed E-state index contributed by atoms with van der Waals surface area (Å²) in [5, 5.41) is 3.60. The number of para-hydroxylation sites is 1. The molecule has 4 heteroatoms. The second-order valence-electron chi connectivity index (χ2n) is 5.74. The van der Waals surface area contributed by atoms with Gasteiger partial charge >= 0.3 is 0 Å². The lowest BCUT2D eigenvalue weighted by molar-refractivity contribution is -0.117. The molecular weight excluding hydrogens is 340 g/mol. The van der Waals surface area contributed by atoms with Crippen LogP contribution in [0, 0.1) is 0 Å². The van der Waals surface area contributed by atoms with Gasteiger partial charge < -0.3 is 10.2 Å².